The van der Waals surface area contributed by atoms with Crippen LogP contribution in [0.25, 0.3) is 0 Å². The lowest BCUT2D eigenvalue weighted by Crippen LogP contribution is -2.40. The number of Topliss-reactive ketones (excluding diaryl/α,β-unsaturated/α-hetero) is 1. The fourth-order valence-electron chi connectivity index (χ4n) is 3.42. The first-order chi connectivity index (χ1) is 12.1. The molecular formula is C19H22FN3O2. The third-order valence-corrected chi connectivity index (χ3v) is 4.99. The zero-order valence-electron chi connectivity index (χ0n) is 14.2. The van der Waals surface area contributed by atoms with E-state index in [2.05, 4.69) is 14.9 Å². The van der Waals surface area contributed by atoms with Crippen LogP contribution in [0.5, 0.6) is 0 Å². The van der Waals surface area contributed by atoms with Crippen LogP contribution in [-0.4, -0.2) is 33.7 Å². The van der Waals surface area contributed by atoms with Gasteiger partial charge in [0, 0.05) is 24.7 Å². The molecule has 0 saturated carbocycles. The summed E-state index contributed by atoms with van der Waals surface area (Å²) in [5.74, 6) is -0.283. The minimum absolute atomic E-state index is 0.0509. The van der Waals surface area contributed by atoms with E-state index in [0.717, 1.165) is 25.9 Å². The molecule has 0 radical (unpaired) electrons. The van der Waals surface area contributed by atoms with Crippen LogP contribution in [0.3, 0.4) is 0 Å². The Kier molecular flexibility index (Phi) is 5.38. The van der Waals surface area contributed by atoms with Gasteiger partial charge >= 0.3 is 0 Å². The zero-order valence-corrected chi connectivity index (χ0v) is 14.2. The van der Waals surface area contributed by atoms with E-state index < -0.39 is 0 Å². The van der Waals surface area contributed by atoms with Gasteiger partial charge in [0.15, 0.2) is 0 Å². The summed E-state index contributed by atoms with van der Waals surface area (Å²) < 4.78 is 13.7. The molecule has 3 rings (SSSR count). The Morgan fingerprint density at radius 2 is 2.08 bits per heavy atom. The Bertz CT molecular complexity index is 797. The number of aromatic amines is 1. The van der Waals surface area contributed by atoms with E-state index in [0.29, 0.717) is 11.3 Å². The molecule has 1 N–H and O–H groups in total. The molecule has 0 spiro atoms. The molecule has 0 aliphatic carbocycles. The molecule has 1 atom stereocenters. The number of hydrogen-bond donors (Lipinski definition) is 1. The first kappa shape index (κ1) is 17.5. The minimum Gasteiger partial charge on any atom is -0.326 e. The molecule has 1 aromatic heterocycles. The highest BCUT2D eigenvalue weighted by Gasteiger charge is 2.29. The summed E-state index contributed by atoms with van der Waals surface area (Å²) in [4.78, 5) is 33.3. The highest BCUT2D eigenvalue weighted by molar-refractivity contribution is 5.83. The van der Waals surface area contributed by atoms with Gasteiger partial charge in [-0.25, -0.2) is 4.39 Å². The van der Waals surface area contributed by atoms with Gasteiger partial charge in [-0.05, 0) is 44.5 Å². The average Bonchev–Trinajstić information content (AvgIpc) is 2.63. The molecule has 25 heavy (non-hydrogen) atoms. The third-order valence-electron chi connectivity index (χ3n) is 4.99. The van der Waals surface area contributed by atoms with Crippen LogP contribution in [0.4, 0.5) is 4.39 Å². The number of nitrogens with zero attached hydrogens (tertiary/aromatic N) is 2. The predicted molar refractivity (Wildman–Crippen MR) is 92.7 cm³/mol. The highest BCUT2D eigenvalue weighted by atomic mass is 19.1. The van der Waals surface area contributed by atoms with Gasteiger partial charge in [0.2, 0.25) is 0 Å². The van der Waals surface area contributed by atoms with Gasteiger partial charge in [-0.1, -0.05) is 18.2 Å². The smallest absolute Gasteiger partial charge is 0.271 e. The molecule has 1 unspecified atom stereocenters. The molecule has 5 nitrogen and oxygen atoms in total. The molecule has 132 valence electrons. The zero-order chi connectivity index (χ0) is 17.8. The fourth-order valence-corrected chi connectivity index (χ4v) is 3.42. The summed E-state index contributed by atoms with van der Waals surface area (Å²) >= 11 is 0. The maximum absolute atomic E-state index is 13.7. The van der Waals surface area contributed by atoms with E-state index in [1.807, 2.05) is 6.92 Å². The molecule has 1 saturated heterocycles. The lowest BCUT2D eigenvalue weighted by atomic mass is 9.88. The standard InChI is InChI=1S/C19H22FN3O2/c1-13(18-19(25)22-9-8-21-18)23-10-6-14(7-11-23)17(24)12-15-4-2-3-5-16(15)20/h2-5,8-9,13-14H,6-7,10-12H2,1H3,(H,22,25). The van der Waals surface area contributed by atoms with Crippen molar-refractivity contribution in [1.82, 2.24) is 14.9 Å². The first-order valence-electron chi connectivity index (χ1n) is 8.60. The van der Waals surface area contributed by atoms with Gasteiger partial charge in [0.05, 0.1) is 6.04 Å². The van der Waals surface area contributed by atoms with Crippen LogP contribution in [-0.2, 0) is 11.2 Å². The van der Waals surface area contributed by atoms with E-state index in [1.165, 1.54) is 12.3 Å². The van der Waals surface area contributed by atoms with Gasteiger partial charge in [-0.2, -0.15) is 0 Å². The number of ketones is 1. The summed E-state index contributed by atoms with van der Waals surface area (Å²) in [7, 11) is 0. The van der Waals surface area contributed by atoms with Crippen LogP contribution >= 0.6 is 0 Å². The van der Waals surface area contributed by atoms with Gasteiger partial charge in [-0.15, -0.1) is 0 Å². The summed E-state index contributed by atoms with van der Waals surface area (Å²) in [5, 5.41) is 0. The van der Waals surface area contributed by atoms with Crippen molar-refractivity contribution in [1.29, 1.82) is 0 Å². The maximum Gasteiger partial charge on any atom is 0.271 e. The second kappa shape index (κ2) is 7.70. The number of hydrogen-bond acceptors (Lipinski definition) is 4. The summed E-state index contributed by atoms with van der Waals surface area (Å²) in [5.41, 5.74) is 0.787. The van der Waals surface area contributed by atoms with Gasteiger partial charge in [-0.3, -0.25) is 19.5 Å². The van der Waals surface area contributed by atoms with E-state index in [1.54, 1.807) is 24.4 Å². The Balaban J connectivity index is 1.58. The van der Waals surface area contributed by atoms with E-state index >= 15 is 0 Å². The summed E-state index contributed by atoms with van der Waals surface area (Å²) in [6.07, 6.45) is 4.70. The molecule has 1 aromatic carbocycles. The molecule has 0 amide bonds. The molecule has 2 heterocycles. The number of halogens is 1. The van der Waals surface area contributed by atoms with Crippen molar-refractivity contribution in [2.45, 2.75) is 32.2 Å². The number of carbonyl (C=O) groups is 1. The van der Waals surface area contributed by atoms with Crippen LogP contribution in [0.15, 0.2) is 41.5 Å². The van der Waals surface area contributed by atoms with Crippen LogP contribution < -0.4 is 5.56 Å². The maximum atomic E-state index is 13.7. The second-order valence-electron chi connectivity index (χ2n) is 6.52. The average molecular weight is 343 g/mol. The number of carbonyl (C=O) groups excluding carboxylic acids is 1. The van der Waals surface area contributed by atoms with Gasteiger partial charge in [0.25, 0.3) is 5.56 Å². The molecule has 2 aromatic rings. The molecule has 1 aliphatic rings. The predicted octanol–water partition coefficient (Wildman–Crippen LogP) is 2.49. The highest BCUT2D eigenvalue weighted by Crippen LogP contribution is 2.26. The van der Waals surface area contributed by atoms with E-state index in [-0.39, 0.29) is 35.5 Å². The number of benzene rings is 1. The lowest BCUT2D eigenvalue weighted by molar-refractivity contribution is -0.123. The van der Waals surface area contributed by atoms with Crippen LogP contribution in [0, 0.1) is 11.7 Å². The normalized spacial score (nSPS) is 17.4. The Morgan fingerprint density at radius 3 is 2.76 bits per heavy atom. The number of nitrogens with one attached hydrogen (secondary N) is 1. The summed E-state index contributed by atoms with van der Waals surface area (Å²) in [6, 6.07) is 6.34. The van der Waals surface area contributed by atoms with E-state index in [4.69, 9.17) is 0 Å². The Labute approximate surface area is 145 Å². The minimum atomic E-state index is -0.323. The van der Waals surface area contributed by atoms with Crippen molar-refractivity contribution in [3.05, 3.63) is 64.1 Å². The second-order valence-corrected chi connectivity index (χ2v) is 6.52. The Morgan fingerprint density at radius 1 is 1.36 bits per heavy atom. The largest absolute Gasteiger partial charge is 0.326 e. The van der Waals surface area contributed by atoms with Crippen molar-refractivity contribution >= 4 is 5.78 Å². The monoisotopic (exact) mass is 343 g/mol. The number of rotatable bonds is 5. The lowest BCUT2D eigenvalue weighted by Gasteiger charge is -2.34. The van der Waals surface area contributed by atoms with Crippen molar-refractivity contribution in [3.8, 4) is 0 Å². The molecular weight excluding hydrogens is 321 g/mol. The quantitative estimate of drug-likeness (QED) is 0.906. The number of piperidine rings is 1. The van der Waals surface area contributed by atoms with Crippen molar-refractivity contribution in [2.75, 3.05) is 13.1 Å². The molecule has 1 fully saturated rings. The molecule has 1 aliphatic heterocycles. The summed E-state index contributed by atoms with van der Waals surface area (Å²) in [6.45, 7) is 3.41. The van der Waals surface area contributed by atoms with E-state index in [9.17, 15) is 14.0 Å². The van der Waals surface area contributed by atoms with Crippen LogP contribution in [0.1, 0.15) is 37.1 Å². The number of aromatic nitrogens is 2. The van der Waals surface area contributed by atoms with Gasteiger partial charge in [0.1, 0.15) is 17.3 Å². The third kappa shape index (κ3) is 4.02. The van der Waals surface area contributed by atoms with Crippen molar-refractivity contribution in [3.63, 3.8) is 0 Å². The van der Waals surface area contributed by atoms with Crippen molar-refractivity contribution < 1.29 is 9.18 Å². The molecule has 0 bridgehead atoms. The fraction of sp³-hybridized carbons (Fsp3) is 0.421. The van der Waals surface area contributed by atoms with Gasteiger partial charge < -0.3 is 4.98 Å². The SMILES string of the molecule is CC(c1ncc[nH]c1=O)N1CCC(C(=O)Cc2ccccc2F)CC1. The van der Waals surface area contributed by atoms with Crippen molar-refractivity contribution in [2.24, 2.45) is 5.92 Å². The van der Waals surface area contributed by atoms with Crippen LogP contribution in [0.2, 0.25) is 0 Å². The number of H-pyrrole nitrogens is 1. The molecule has 6 heteroatoms. The Hall–Kier alpha value is -2.34. The number of likely N-dealkylation sites (tertiary alicyclic amines) is 1. The topological polar surface area (TPSA) is 66.1 Å². The first-order valence-corrected chi connectivity index (χ1v) is 8.60.